The summed E-state index contributed by atoms with van der Waals surface area (Å²) >= 11 is 0. The van der Waals surface area contributed by atoms with Crippen molar-refractivity contribution in [1.29, 1.82) is 0 Å². The minimum absolute atomic E-state index is 0.304. The number of nitrogens with zero attached hydrogens (tertiary/aromatic N) is 4. The number of hydrogen-bond acceptors (Lipinski definition) is 4. The quantitative estimate of drug-likeness (QED) is 0.679. The molecule has 0 saturated carbocycles. The number of rotatable bonds is 2. The van der Waals surface area contributed by atoms with Crippen LogP contribution in [-0.2, 0) is 0 Å². The van der Waals surface area contributed by atoms with Gasteiger partial charge in [0.1, 0.15) is 0 Å². The fourth-order valence-corrected chi connectivity index (χ4v) is 0.878. The van der Waals surface area contributed by atoms with Crippen molar-refractivity contribution in [3.63, 3.8) is 0 Å². The maximum atomic E-state index is 13.1. The van der Waals surface area contributed by atoms with E-state index < -0.39 is 5.82 Å². The summed E-state index contributed by atoms with van der Waals surface area (Å²) in [5.74, 6) is 0.402. The van der Waals surface area contributed by atoms with Crippen LogP contribution in [0.5, 0.6) is 0 Å². The molecular weight excluding hydrogens is 171 g/mol. The summed E-state index contributed by atoms with van der Waals surface area (Å²) in [5.41, 5.74) is 0. The Bertz CT molecular complexity index is 298. The third-order valence-electron chi connectivity index (χ3n) is 1.54. The van der Waals surface area contributed by atoms with Crippen LogP contribution in [0.4, 0.5) is 16.2 Å². The normalized spacial score (nSPS) is 9.92. The average molecular weight is 184 g/mol. The summed E-state index contributed by atoms with van der Waals surface area (Å²) < 4.78 is 13.1. The first kappa shape index (κ1) is 9.70. The topological polar surface area (TPSA) is 32.3 Å². The van der Waals surface area contributed by atoms with Crippen molar-refractivity contribution < 1.29 is 4.39 Å². The zero-order valence-corrected chi connectivity index (χ0v) is 8.24. The molecule has 72 valence electrons. The van der Waals surface area contributed by atoms with Crippen LogP contribution in [0.1, 0.15) is 0 Å². The molecule has 0 aliphatic carbocycles. The van der Waals surface area contributed by atoms with Crippen LogP contribution < -0.4 is 9.80 Å². The van der Waals surface area contributed by atoms with E-state index in [0.717, 1.165) is 0 Å². The molecule has 0 radical (unpaired) electrons. The second kappa shape index (κ2) is 3.55. The lowest BCUT2D eigenvalue weighted by molar-refractivity contribution is 0.611. The van der Waals surface area contributed by atoms with E-state index in [1.54, 1.807) is 23.9 Å². The highest BCUT2D eigenvalue weighted by molar-refractivity contribution is 5.42. The van der Waals surface area contributed by atoms with Crippen LogP contribution in [0.3, 0.4) is 0 Å². The Morgan fingerprint density at radius 3 is 2.23 bits per heavy atom. The number of hydrogen-bond donors (Lipinski definition) is 0. The van der Waals surface area contributed by atoms with Gasteiger partial charge in [0.05, 0.1) is 6.20 Å². The Kier molecular flexibility index (Phi) is 2.65. The highest BCUT2D eigenvalue weighted by Gasteiger charge is 2.09. The first-order valence-electron chi connectivity index (χ1n) is 3.89. The molecule has 0 aromatic carbocycles. The Morgan fingerprint density at radius 1 is 1.15 bits per heavy atom. The molecule has 0 aliphatic heterocycles. The summed E-state index contributed by atoms with van der Waals surface area (Å²) in [6.07, 6.45) is 1.18. The van der Waals surface area contributed by atoms with Gasteiger partial charge in [-0.15, -0.1) is 0 Å². The summed E-state index contributed by atoms with van der Waals surface area (Å²) in [7, 11) is 7.11. The minimum atomic E-state index is -0.407. The molecule has 0 amide bonds. The van der Waals surface area contributed by atoms with Crippen molar-refractivity contribution in [2.45, 2.75) is 0 Å². The van der Waals surface area contributed by atoms with Gasteiger partial charge in [-0.1, -0.05) is 0 Å². The molecule has 0 aliphatic rings. The van der Waals surface area contributed by atoms with Crippen LogP contribution in [0.2, 0.25) is 0 Å². The van der Waals surface area contributed by atoms with E-state index in [-0.39, 0.29) is 0 Å². The number of anilines is 2. The summed E-state index contributed by atoms with van der Waals surface area (Å²) in [4.78, 5) is 11.2. The van der Waals surface area contributed by atoms with Gasteiger partial charge in [0.2, 0.25) is 5.95 Å². The number of aromatic nitrogens is 2. The largest absolute Gasteiger partial charge is 0.360 e. The van der Waals surface area contributed by atoms with Gasteiger partial charge in [0.15, 0.2) is 11.6 Å². The van der Waals surface area contributed by atoms with E-state index in [9.17, 15) is 4.39 Å². The van der Waals surface area contributed by atoms with Crippen LogP contribution in [0, 0.1) is 5.82 Å². The Hall–Kier alpha value is -1.39. The summed E-state index contributed by atoms with van der Waals surface area (Å²) in [6.45, 7) is 0. The lowest BCUT2D eigenvalue weighted by Crippen LogP contribution is -2.18. The molecule has 0 spiro atoms. The summed E-state index contributed by atoms with van der Waals surface area (Å²) in [5, 5.41) is 0. The van der Waals surface area contributed by atoms with Crippen LogP contribution in [0.15, 0.2) is 6.20 Å². The van der Waals surface area contributed by atoms with Crippen molar-refractivity contribution in [2.24, 2.45) is 0 Å². The van der Waals surface area contributed by atoms with E-state index in [4.69, 9.17) is 0 Å². The maximum Gasteiger partial charge on any atom is 0.226 e. The van der Waals surface area contributed by atoms with E-state index in [0.29, 0.717) is 11.8 Å². The molecule has 1 aromatic rings. The zero-order valence-electron chi connectivity index (χ0n) is 8.24. The van der Waals surface area contributed by atoms with Crippen molar-refractivity contribution >= 4 is 11.8 Å². The Labute approximate surface area is 77.0 Å². The van der Waals surface area contributed by atoms with Crippen LogP contribution in [0.25, 0.3) is 0 Å². The molecule has 0 atom stereocenters. The predicted octanol–water partition coefficient (Wildman–Crippen LogP) is 0.748. The molecule has 1 aromatic heterocycles. The van der Waals surface area contributed by atoms with Gasteiger partial charge < -0.3 is 9.80 Å². The van der Waals surface area contributed by atoms with Crippen LogP contribution >= 0.6 is 0 Å². The monoisotopic (exact) mass is 184 g/mol. The smallest absolute Gasteiger partial charge is 0.226 e. The van der Waals surface area contributed by atoms with Crippen molar-refractivity contribution in [3.8, 4) is 0 Å². The predicted molar refractivity (Wildman–Crippen MR) is 50.6 cm³/mol. The molecule has 1 heterocycles. The maximum absolute atomic E-state index is 13.1. The molecule has 5 heteroatoms. The Balaban J connectivity index is 3.11. The van der Waals surface area contributed by atoms with Gasteiger partial charge in [-0.3, -0.25) is 0 Å². The second-order valence-electron chi connectivity index (χ2n) is 3.13. The van der Waals surface area contributed by atoms with Gasteiger partial charge in [0, 0.05) is 28.2 Å². The third kappa shape index (κ3) is 2.05. The first-order valence-corrected chi connectivity index (χ1v) is 3.89. The summed E-state index contributed by atoms with van der Waals surface area (Å²) in [6, 6.07) is 0. The minimum Gasteiger partial charge on any atom is -0.360 e. The lowest BCUT2D eigenvalue weighted by atomic mass is 10.5. The molecule has 1 rings (SSSR count). The zero-order chi connectivity index (χ0) is 10.0. The van der Waals surface area contributed by atoms with Gasteiger partial charge in [-0.05, 0) is 0 Å². The third-order valence-corrected chi connectivity index (χ3v) is 1.54. The second-order valence-corrected chi connectivity index (χ2v) is 3.13. The van der Waals surface area contributed by atoms with Gasteiger partial charge >= 0.3 is 0 Å². The van der Waals surface area contributed by atoms with E-state index in [2.05, 4.69) is 9.97 Å². The molecule has 0 N–H and O–H groups in total. The molecule has 4 nitrogen and oxygen atoms in total. The number of halogens is 1. The highest BCUT2D eigenvalue weighted by atomic mass is 19.1. The SMILES string of the molecule is CN(C)c1ncc(F)c(N(C)C)n1. The van der Waals surface area contributed by atoms with E-state index >= 15 is 0 Å². The average Bonchev–Trinajstić information content (AvgIpc) is 2.04. The van der Waals surface area contributed by atoms with Crippen molar-refractivity contribution in [1.82, 2.24) is 9.97 Å². The highest BCUT2D eigenvalue weighted by Crippen LogP contribution is 2.15. The molecule has 0 fully saturated rings. The fraction of sp³-hybridized carbons (Fsp3) is 0.500. The molecule has 13 heavy (non-hydrogen) atoms. The van der Waals surface area contributed by atoms with Crippen molar-refractivity contribution in [2.75, 3.05) is 38.0 Å². The van der Waals surface area contributed by atoms with Crippen molar-refractivity contribution in [3.05, 3.63) is 12.0 Å². The molecule has 0 saturated heterocycles. The first-order chi connectivity index (χ1) is 6.02. The lowest BCUT2D eigenvalue weighted by Gasteiger charge is -2.15. The van der Waals surface area contributed by atoms with E-state index in [1.165, 1.54) is 6.20 Å². The van der Waals surface area contributed by atoms with Crippen LogP contribution in [-0.4, -0.2) is 38.2 Å². The molecular formula is C8H13FN4. The molecule has 0 bridgehead atoms. The molecule has 0 unspecified atom stereocenters. The Morgan fingerprint density at radius 2 is 1.77 bits per heavy atom. The van der Waals surface area contributed by atoms with Gasteiger partial charge in [-0.2, -0.15) is 4.98 Å². The fourth-order valence-electron chi connectivity index (χ4n) is 0.878. The van der Waals surface area contributed by atoms with E-state index in [1.807, 2.05) is 14.1 Å². The van der Waals surface area contributed by atoms with Gasteiger partial charge in [-0.25, -0.2) is 9.37 Å². The van der Waals surface area contributed by atoms with Gasteiger partial charge in [0.25, 0.3) is 0 Å². The standard InChI is InChI=1S/C8H13FN4/c1-12(2)7-6(9)5-10-8(11-7)13(3)4/h5H,1-4H3.